The molecule has 0 fully saturated rings. The van der Waals surface area contributed by atoms with Crippen LogP contribution >= 0.6 is 0 Å². The molecule has 1 unspecified atom stereocenters. The number of methoxy groups -OCH3 is 1. The third-order valence-electron chi connectivity index (χ3n) is 4.13. The van der Waals surface area contributed by atoms with Gasteiger partial charge in [0, 0.05) is 11.1 Å². The van der Waals surface area contributed by atoms with Crippen molar-refractivity contribution in [1.82, 2.24) is 10.6 Å². The van der Waals surface area contributed by atoms with E-state index in [1.165, 1.54) is 0 Å². The SMILES string of the molecule is COc1ccc(C(=O)CNC(=O)CC2NC(=O)c3ccccc32)cc1. The molecule has 0 bridgehead atoms. The van der Waals surface area contributed by atoms with Crippen LogP contribution in [0.2, 0.25) is 0 Å². The van der Waals surface area contributed by atoms with Gasteiger partial charge in [-0.1, -0.05) is 18.2 Å². The molecule has 0 saturated carbocycles. The highest BCUT2D eigenvalue weighted by Gasteiger charge is 2.29. The van der Waals surface area contributed by atoms with E-state index in [0.717, 1.165) is 5.56 Å². The number of amides is 2. The third kappa shape index (κ3) is 3.68. The fourth-order valence-electron chi connectivity index (χ4n) is 2.80. The molecular formula is C19H18N2O4. The molecule has 0 radical (unpaired) electrons. The van der Waals surface area contributed by atoms with E-state index in [0.29, 0.717) is 16.9 Å². The van der Waals surface area contributed by atoms with E-state index in [1.54, 1.807) is 43.5 Å². The highest BCUT2D eigenvalue weighted by Crippen LogP contribution is 2.27. The Balaban J connectivity index is 1.55. The lowest BCUT2D eigenvalue weighted by Crippen LogP contribution is -2.32. The number of rotatable bonds is 6. The average Bonchev–Trinajstić information content (AvgIpc) is 2.96. The molecule has 6 heteroatoms. The van der Waals surface area contributed by atoms with Crippen LogP contribution in [0.3, 0.4) is 0 Å². The summed E-state index contributed by atoms with van der Waals surface area (Å²) in [6.45, 7) is -0.0898. The van der Waals surface area contributed by atoms with Gasteiger partial charge in [-0.2, -0.15) is 0 Å². The molecule has 3 rings (SSSR count). The first-order chi connectivity index (χ1) is 12.1. The van der Waals surface area contributed by atoms with Crippen molar-refractivity contribution in [2.75, 3.05) is 13.7 Å². The van der Waals surface area contributed by atoms with Crippen LogP contribution in [0, 0.1) is 0 Å². The van der Waals surface area contributed by atoms with E-state index < -0.39 is 0 Å². The Bertz CT molecular complexity index is 814. The van der Waals surface area contributed by atoms with Crippen LogP contribution in [0.25, 0.3) is 0 Å². The fraction of sp³-hybridized carbons (Fsp3) is 0.211. The van der Waals surface area contributed by atoms with E-state index in [4.69, 9.17) is 4.74 Å². The van der Waals surface area contributed by atoms with E-state index >= 15 is 0 Å². The largest absolute Gasteiger partial charge is 0.497 e. The number of nitrogens with one attached hydrogen (secondary N) is 2. The smallest absolute Gasteiger partial charge is 0.252 e. The van der Waals surface area contributed by atoms with Crippen LogP contribution in [-0.4, -0.2) is 31.3 Å². The lowest BCUT2D eigenvalue weighted by atomic mass is 10.0. The number of fused-ring (bicyclic) bond motifs is 1. The predicted molar refractivity (Wildman–Crippen MR) is 91.6 cm³/mol. The van der Waals surface area contributed by atoms with Gasteiger partial charge in [-0.25, -0.2) is 0 Å². The first-order valence-corrected chi connectivity index (χ1v) is 7.92. The molecule has 0 aliphatic carbocycles. The van der Waals surface area contributed by atoms with Gasteiger partial charge in [-0.05, 0) is 35.9 Å². The van der Waals surface area contributed by atoms with E-state index in [9.17, 15) is 14.4 Å². The Kier molecular flexibility index (Phi) is 4.79. The van der Waals surface area contributed by atoms with Crippen LogP contribution in [0.1, 0.15) is 38.7 Å². The molecule has 2 aromatic rings. The van der Waals surface area contributed by atoms with Gasteiger partial charge in [-0.15, -0.1) is 0 Å². The number of benzene rings is 2. The van der Waals surface area contributed by atoms with Crippen LogP contribution in [0.15, 0.2) is 48.5 Å². The summed E-state index contributed by atoms with van der Waals surface area (Å²) in [6, 6.07) is 13.5. The fourth-order valence-corrected chi connectivity index (χ4v) is 2.80. The first kappa shape index (κ1) is 16.7. The molecule has 6 nitrogen and oxygen atoms in total. The predicted octanol–water partition coefficient (Wildman–Crippen LogP) is 1.87. The maximum absolute atomic E-state index is 12.1. The van der Waals surface area contributed by atoms with Crippen molar-refractivity contribution in [1.29, 1.82) is 0 Å². The van der Waals surface area contributed by atoms with Crippen molar-refractivity contribution < 1.29 is 19.1 Å². The summed E-state index contributed by atoms with van der Waals surface area (Å²) in [6.07, 6.45) is 0.0959. The van der Waals surface area contributed by atoms with Crippen molar-refractivity contribution in [3.63, 3.8) is 0 Å². The van der Waals surface area contributed by atoms with E-state index in [2.05, 4.69) is 10.6 Å². The second kappa shape index (κ2) is 7.17. The van der Waals surface area contributed by atoms with Crippen LogP contribution in [0.5, 0.6) is 5.75 Å². The Hall–Kier alpha value is -3.15. The second-order valence-electron chi connectivity index (χ2n) is 5.75. The number of hydrogen-bond acceptors (Lipinski definition) is 4. The zero-order chi connectivity index (χ0) is 17.8. The van der Waals surface area contributed by atoms with Gasteiger partial charge in [0.05, 0.1) is 26.1 Å². The summed E-state index contributed by atoms with van der Waals surface area (Å²) >= 11 is 0. The zero-order valence-corrected chi connectivity index (χ0v) is 13.7. The summed E-state index contributed by atoms with van der Waals surface area (Å²) in [5.41, 5.74) is 1.90. The van der Waals surface area contributed by atoms with Crippen molar-refractivity contribution in [3.8, 4) is 5.75 Å². The Labute approximate surface area is 145 Å². The van der Waals surface area contributed by atoms with Crippen LogP contribution < -0.4 is 15.4 Å². The maximum atomic E-state index is 12.1. The maximum Gasteiger partial charge on any atom is 0.252 e. The average molecular weight is 338 g/mol. The molecule has 0 saturated heterocycles. The summed E-state index contributed by atoms with van der Waals surface area (Å²) in [7, 11) is 1.55. The van der Waals surface area contributed by atoms with Crippen molar-refractivity contribution in [2.45, 2.75) is 12.5 Å². The molecular weight excluding hydrogens is 320 g/mol. The summed E-state index contributed by atoms with van der Waals surface area (Å²) < 4.78 is 5.04. The minimum atomic E-state index is -0.361. The van der Waals surface area contributed by atoms with Gasteiger partial charge < -0.3 is 15.4 Å². The molecule has 1 aliphatic rings. The lowest BCUT2D eigenvalue weighted by Gasteiger charge is -2.11. The van der Waals surface area contributed by atoms with Gasteiger partial charge in [0.15, 0.2) is 5.78 Å². The van der Waals surface area contributed by atoms with Crippen LogP contribution in [0.4, 0.5) is 0 Å². The Morgan fingerprint density at radius 1 is 1.12 bits per heavy atom. The Morgan fingerprint density at radius 2 is 1.84 bits per heavy atom. The minimum Gasteiger partial charge on any atom is -0.497 e. The third-order valence-corrected chi connectivity index (χ3v) is 4.13. The van der Waals surface area contributed by atoms with Crippen LogP contribution in [-0.2, 0) is 4.79 Å². The number of Topliss-reactive ketones (excluding diaryl/α,β-unsaturated/α-hetero) is 1. The molecule has 1 aliphatic heterocycles. The molecule has 0 spiro atoms. The highest BCUT2D eigenvalue weighted by atomic mass is 16.5. The zero-order valence-electron chi connectivity index (χ0n) is 13.7. The molecule has 25 heavy (non-hydrogen) atoms. The molecule has 1 atom stereocenters. The van der Waals surface area contributed by atoms with Crippen molar-refractivity contribution in [3.05, 3.63) is 65.2 Å². The monoisotopic (exact) mass is 338 g/mol. The molecule has 2 N–H and O–H groups in total. The lowest BCUT2D eigenvalue weighted by molar-refractivity contribution is -0.121. The second-order valence-corrected chi connectivity index (χ2v) is 5.75. The minimum absolute atomic E-state index is 0.0898. The van der Waals surface area contributed by atoms with Gasteiger partial charge in [0.2, 0.25) is 5.91 Å². The molecule has 1 heterocycles. The summed E-state index contributed by atoms with van der Waals surface area (Å²) in [5, 5.41) is 5.39. The van der Waals surface area contributed by atoms with Gasteiger partial charge in [0.1, 0.15) is 5.75 Å². The molecule has 2 amide bonds. The van der Waals surface area contributed by atoms with Gasteiger partial charge in [0.25, 0.3) is 5.91 Å². The summed E-state index contributed by atoms with van der Waals surface area (Å²) in [5.74, 6) is 0.00894. The van der Waals surface area contributed by atoms with E-state index in [-0.39, 0.29) is 36.6 Å². The number of carbonyl (C=O) groups excluding carboxylic acids is 3. The quantitative estimate of drug-likeness (QED) is 0.788. The summed E-state index contributed by atoms with van der Waals surface area (Å²) in [4.78, 5) is 36.1. The normalized spacial score (nSPS) is 15.2. The van der Waals surface area contributed by atoms with Gasteiger partial charge >= 0.3 is 0 Å². The molecule has 0 aromatic heterocycles. The van der Waals surface area contributed by atoms with Crippen molar-refractivity contribution in [2.24, 2.45) is 0 Å². The van der Waals surface area contributed by atoms with Gasteiger partial charge in [-0.3, -0.25) is 14.4 Å². The first-order valence-electron chi connectivity index (χ1n) is 7.92. The number of hydrogen-bond donors (Lipinski definition) is 2. The number of ketones is 1. The van der Waals surface area contributed by atoms with Crippen molar-refractivity contribution >= 4 is 17.6 Å². The van der Waals surface area contributed by atoms with E-state index in [1.807, 2.05) is 12.1 Å². The number of carbonyl (C=O) groups is 3. The topological polar surface area (TPSA) is 84.5 Å². The highest BCUT2D eigenvalue weighted by molar-refractivity contribution is 6.01. The molecule has 128 valence electrons. The standard InChI is InChI=1S/C19H18N2O4/c1-25-13-8-6-12(7-9-13)17(22)11-20-18(23)10-16-14-4-2-3-5-15(14)19(24)21-16/h2-9,16H,10-11H2,1H3,(H,20,23)(H,21,24). The Morgan fingerprint density at radius 3 is 2.56 bits per heavy atom. The number of ether oxygens (including phenoxy) is 1. The molecule has 2 aromatic carbocycles.